The number of nitrogens with zero attached hydrogens (tertiary/aromatic N) is 2. The molecule has 1 aliphatic rings. The second-order valence-corrected chi connectivity index (χ2v) is 11.8. The van der Waals surface area contributed by atoms with E-state index in [1.54, 1.807) is 69.3 Å². The number of amides is 4. The number of rotatable bonds is 11. The number of nitro benzene ring substituents is 1. The lowest BCUT2D eigenvalue weighted by Crippen LogP contribution is -2.37. The van der Waals surface area contributed by atoms with Crippen LogP contribution in [0.3, 0.4) is 0 Å². The summed E-state index contributed by atoms with van der Waals surface area (Å²) in [4.78, 5) is 51.2. The molecule has 3 aromatic rings. The van der Waals surface area contributed by atoms with Crippen LogP contribution in [0.15, 0.2) is 72.8 Å². The number of carbonyl (C=O) groups is 3. The van der Waals surface area contributed by atoms with Crippen molar-refractivity contribution in [1.82, 2.24) is 10.2 Å². The van der Waals surface area contributed by atoms with Gasteiger partial charge in [0, 0.05) is 36.5 Å². The van der Waals surface area contributed by atoms with Gasteiger partial charge in [-0.1, -0.05) is 24.3 Å². The molecule has 1 unspecified atom stereocenters. The summed E-state index contributed by atoms with van der Waals surface area (Å²) in [5, 5.41) is 22.2. The molecule has 3 aromatic carbocycles. The van der Waals surface area contributed by atoms with E-state index in [1.165, 1.54) is 24.3 Å². The monoisotopic (exact) mass is 632 g/mol. The number of benzene rings is 3. The second kappa shape index (κ2) is 15.8. The molecule has 4 rings (SSSR count). The van der Waals surface area contributed by atoms with E-state index in [0.29, 0.717) is 42.3 Å². The molecule has 1 saturated heterocycles. The van der Waals surface area contributed by atoms with Crippen molar-refractivity contribution in [2.24, 2.45) is 0 Å². The minimum atomic E-state index is -0.676. The largest absolute Gasteiger partial charge is 0.444 e. The zero-order valence-corrected chi connectivity index (χ0v) is 26.2. The van der Waals surface area contributed by atoms with Gasteiger partial charge in [-0.15, -0.1) is 0 Å². The lowest BCUT2D eigenvalue weighted by atomic mass is 10.00. The molecule has 0 bridgehead atoms. The summed E-state index contributed by atoms with van der Waals surface area (Å²) in [7, 11) is 0. The number of nitrogens with one attached hydrogen (secondary N) is 4. The highest BCUT2D eigenvalue weighted by atomic mass is 16.6. The lowest BCUT2D eigenvalue weighted by Gasteiger charge is -2.27. The number of hydrogen-bond donors (Lipinski definition) is 4. The van der Waals surface area contributed by atoms with Crippen molar-refractivity contribution >= 4 is 40.8 Å². The molecule has 0 spiro atoms. The summed E-state index contributed by atoms with van der Waals surface area (Å²) in [5.41, 5.74) is 1.67. The van der Waals surface area contributed by atoms with Crippen molar-refractivity contribution in [1.29, 1.82) is 0 Å². The molecule has 1 fully saturated rings. The fourth-order valence-corrected chi connectivity index (χ4v) is 4.83. The van der Waals surface area contributed by atoms with Crippen LogP contribution in [0.5, 0.6) is 0 Å². The quantitative estimate of drug-likeness (QED) is 0.144. The van der Waals surface area contributed by atoms with E-state index in [9.17, 15) is 24.5 Å². The fraction of sp³-hybridized carbons (Fsp3) is 0.364. The maximum atomic E-state index is 13.2. The molecule has 244 valence electrons. The molecule has 1 atom stereocenters. The lowest BCUT2D eigenvalue weighted by molar-refractivity contribution is -0.384. The van der Waals surface area contributed by atoms with Crippen LogP contribution in [0.1, 0.15) is 55.6 Å². The van der Waals surface area contributed by atoms with Gasteiger partial charge in [-0.25, -0.2) is 9.59 Å². The smallest absolute Gasteiger partial charge is 0.412 e. The Morgan fingerprint density at radius 2 is 1.54 bits per heavy atom. The van der Waals surface area contributed by atoms with E-state index in [4.69, 9.17) is 9.47 Å². The highest BCUT2D eigenvalue weighted by Crippen LogP contribution is 2.25. The molecule has 0 saturated carbocycles. The van der Waals surface area contributed by atoms with Crippen LogP contribution in [0.4, 0.5) is 32.3 Å². The Hall–Kier alpha value is -5.01. The van der Waals surface area contributed by atoms with E-state index in [1.807, 2.05) is 0 Å². The average Bonchev–Trinajstić information content (AvgIpc) is 3.01. The Morgan fingerprint density at radius 1 is 0.913 bits per heavy atom. The summed E-state index contributed by atoms with van der Waals surface area (Å²) >= 11 is 0. The molecule has 4 amide bonds. The molecular weight excluding hydrogens is 592 g/mol. The number of non-ortho nitro benzene ring substituents is 1. The van der Waals surface area contributed by atoms with Gasteiger partial charge < -0.3 is 25.4 Å². The predicted octanol–water partition coefficient (Wildman–Crippen LogP) is 6.17. The Labute approximate surface area is 267 Å². The Morgan fingerprint density at radius 3 is 2.15 bits per heavy atom. The van der Waals surface area contributed by atoms with Gasteiger partial charge in [0.1, 0.15) is 5.60 Å². The minimum absolute atomic E-state index is 0.0705. The SMILES string of the molecule is CC(C)(C)OC(=O)Nc1ccccc1NC(=O)c1ccc(C(CCCN2CCOCC2)NC(=O)Nc2ccc([N+](=O)[O-])cc2)cc1. The van der Waals surface area contributed by atoms with E-state index in [2.05, 4.69) is 26.2 Å². The third-order valence-corrected chi connectivity index (χ3v) is 7.10. The molecule has 0 aliphatic carbocycles. The topological polar surface area (TPSA) is 164 Å². The van der Waals surface area contributed by atoms with Crippen LogP contribution in [0, 0.1) is 10.1 Å². The maximum absolute atomic E-state index is 13.2. The average molecular weight is 633 g/mol. The molecule has 13 heteroatoms. The number of hydrogen-bond acceptors (Lipinski definition) is 8. The van der Waals surface area contributed by atoms with Gasteiger partial charge >= 0.3 is 12.1 Å². The van der Waals surface area contributed by atoms with Gasteiger partial charge in [-0.3, -0.25) is 25.1 Å². The first kappa shape index (κ1) is 33.9. The molecule has 0 radical (unpaired) electrons. The number of nitro groups is 1. The maximum Gasteiger partial charge on any atom is 0.412 e. The summed E-state index contributed by atoms with van der Waals surface area (Å²) < 4.78 is 10.8. The van der Waals surface area contributed by atoms with Crippen molar-refractivity contribution in [3.05, 3.63) is 94.0 Å². The van der Waals surface area contributed by atoms with Crippen molar-refractivity contribution < 1.29 is 28.8 Å². The molecule has 46 heavy (non-hydrogen) atoms. The molecular formula is C33H40N6O7. The predicted molar refractivity (Wildman–Crippen MR) is 175 cm³/mol. The minimum Gasteiger partial charge on any atom is -0.444 e. The van der Waals surface area contributed by atoms with Crippen LogP contribution in [0.2, 0.25) is 0 Å². The molecule has 0 aromatic heterocycles. The van der Waals surface area contributed by atoms with E-state index in [0.717, 1.165) is 31.6 Å². The van der Waals surface area contributed by atoms with Crippen LogP contribution < -0.4 is 21.3 Å². The summed E-state index contributed by atoms with van der Waals surface area (Å²) in [5.74, 6) is -0.377. The van der Waals surface area contributed by atoms with Gasteiger partial charge in [0.25, 0.3) is 11.6 Å². The molecule has 1 aliphatic heterocycles. The number of para-hydroxylation sites is 2. The van der Waals surface area contributed by atoms with Crippen LogP contribution in [-0.2, 0) is 9.47 Å². The number of anilines is 3. The van der Waals surface area contributed by atoms with Gasteiger partial charge in [0.05, 0.1) is 35.6 Å². The number of ether oxygens (including phenoxy) is 2. The van der Waals surface area contributed by atoms with Gasteiger partial charge in [0.15, 0.2) is 0 Å². The van der Waals surface area contributed by atoms with Crippen LogP contribution >= 0.6 is 0 Å². The van der Waals surface area contributed by atoms with E-state index >= 15 is 0 Å². The highest BCUT2D eigenvalue weighted by molar-refractivity contribution is 6.06. The van der Waals surface area contributed by atoms with Crippen molar-refractivity contribution in [2.75, 3.05) is 48.8 Å². The Bertz CT molecular complexity index is 1500. The van der Waals surface area contributed by atoms with Gasteiger partial charge in [0.2, 0.25) is 0 Å². The van der Waals surface area contributed by atoms with Gasteiger partial charge in [-0.2, -0.15) is 0 Å². The number of carbonyl (C=O) groups excluding carboxylic acids is 3. The Balaban J connectivity index is 1.43. The molecule has 4 N–H and O–H groups in total. The van der Waals surface area contributed by atoms with Crippen molar-refractivity contribution in [3.63, 3.8) is 0 Å². The fourth-order valence-electron chi connectivity index (χ4n) is 4.83. The van der Waals surface area contributed by atoms with Crippen LogP contribution in [-0.4, -0.2) is 66.3 Å². The first-order valence-electron chi connectivity index (χ1n) is 15.1. The molecule has 13 nitrogen and oxygen atoms in total. The number of morpholine rings is 1. The third-order valence-electron chi connectivity index (χ3n) is 7.10. The Kier molecular flexibility index (Phi) is 11.7. The van der Waals surface area contributed by atoms with Crippen molar-refractivity contribution in [3.8, 4) is 0 Å². The third kappa shape index (κ3) is 10.6. The normalized spacial score (nSPS) is 14.1. The first-order chi connectivity index (χ1) is 22.0. The number of urea groups is 1. The second-order valence-electron chi connectivity index (χ2n) is 11.8. The zero-order valence-electron chi connectivity index (χ0n) is 26.2. The van der Waals surface area contributed by atoms with Crippen molar-refractivity contribution in [2.45, 2.75) is 45.3 Å². The highest BCUT2D eigenvalue weighted by Gasteiger charge is 2.20. The van der Waals surface area contributed by atoms with E-state index in [-0.39, 0.29) is 17.6 Å². The summed E-state index contributed by atoms with van der Waals surface area (Å²) in [6.45, 7) is 9.26. The van der Waals surface area contributed by atoms with Gasteiger partial charge in [-0.05, 0) is 82.1 Å². The standard InChI is InChI=1S/C33H40N6O7/c1-33(2,3)46-32(42)37-29-8-5-4-7-28(29)35-30(40)24-12-10-23(11-13-24)27(9-6-18-38-19-21-45-22-20-38)36-31(41)34-25-14-16-26(17-15-25)39(43)44/h4-5,7-8,10-17,27H,6,9,18-22H2,1-3H3,(H,35,40)(H,37,42)(H2,34,36,41). The molecule has 1 heterocycles. The zero-order chi connectivity index (χ0) is 33.1. The van der Waals surface area contributed by atoms with Crippen LogP contribution in [0.25, 0.3) is 0 Å². The van der Waals surface area contributed by atoms with E-state index < -0.39 is 22.6 Å². The summed E-state index contributed by atoms with van der Waals surface area (Å²) in [6, 6.07) is 18.5. The first-order valence-corrected chi connectivity index (χ1v) is 15.1. The summed E-state index contributed by atoms with van der Waals surface area (Å²) in [6.07, 6.45) is 0.815.